The number of nitriles is 1. The number of rotatable bonds is 1. The third-order valence-corrected chi connectivity index (χ3v) is 2.57. The molecule has 0 unspecified atom stereocenters. The van der Waals surface area contributed by atoms with Crippen molar-refractivity contribution >= 4 is 0 Å². The highest BCUT2D eigenvalue weighted by atomic mass is 19.4. The first kappa shape index (κ1) is 14.9. The molecular formula is C12H5F6N3. The zero-order valence-corrected chi connectivity index (χ0v) is 10.00. The molecule has 2 aromatic rings. The van der Waals surface area contributed by atoms with Crippen molar-refractivity contribution in [3.63, 3.8) is 0 Å². The molecule has 21 heavy (non-hydrogen) atoms. The summed E-state index contributed by atoms with van der Waals surface area (Å²) in [4.78, 5) is 0. The van der Waals surface area contributed by atoms with E-state index in [0.717, 1.165) is 12.3 Å². The largest absolute Gasteiger partial charge is 0.435 e. The van der Waals surface area contributed by atoms with Crippen LogP contribution in [0.1, 0.15) is 16.8 Å². The van der Waals surface area contributed by atoms with Crippen LogP contribution in [0.2, 0.25) is 0 Å². The molecule has 0 N–H and O–H groups in total. The standard InChI is InChI=1S/C12H5F6N3/c13-11(14,15)8-1-2-9(7(5-8)6-19)21-4-3-10(20-21)12(16,17)18/h1-5H. The van der Waals surface area contributed by atoms with Crippen LogP contribution in [-0.2, 0) is 12.4 Å². The van der Waals surface area contributed by atoms with Crippen LogP contribution in [-0.4, -0.2) is 9.78 Å². The molecule has 0 radical (unpaired) electrons. The van der Waals surface area contributed by atoms with Crippen molar-refractivity contribution in [1.29, 1.82) is 5.26 Å². The summed E-state index contributed by atoms with van der Waals surface area (Å²) in [5.74, 6) is 0. The second-order valence-corrected chi connectivity index (χ2v) is 3.98. The number of halogens is 6. The van der Waals surface area contributed by atoms with Gasteiger partial charge in [-0.2, -0.15) is 36.7 Å². The van der Waals surface area contributed by atoms with Gasteiger partial charge in [0.2, 0.25) is 0 Å². The van der Waals surface area contributed by atoms with Crippen LogP contribution in [0.5, 0.6) is 0 Å². The Kier molecular flexibility index (Phi) is 3.41. The minimum Gasteiger partial charge on any atom is -0.239 e. The fraction of sp³-hybridized carbons (Fsp3) is 0.167. The van der Waals surface area contributed by atoms with E-state index in [1.54, 1.807) is 0 Å². The van der Waals surface area contributed by atoms with E-state index in [1.807, 2.05) is 0 Å². The van der Waals surface area contributed by atoms with Crippen LogP contribution in [0, 0.1) is 11.3 Å². The van der Waals surface area contributed by atoms with Gasteiger partial charge in [-0.15, -0.1) is 0 Å². The predicted molar refractivity (Wildman–Crippen MR) is 58.3 cm³/mol. The van der Waals surface area contributed by atoms with Crippen LogP contribution in [0.15, 0.2) is 30.5 Å². The summed E-state index contributed by atoms with van der Waals surface area (Å²) >= 11 is 0. The smallest absolute Gasteiger partial charge is 0.239 e. The molecule has 0 saturated heterocycles. The first-order valence-electron chi connectivity index (χ1n) is 5.37. The lowest BCUT2D eigenvalue weighted by Crippen LogP contribution is -2.09. The van der Waals surface area contributed by atoms with Gasteiger partial charge in [0.25, 0.3) is 0 Å². The summed E-state index contributed by atoms with van der Waals surface area (Å²) in [6, 6.07) is 4.31. The highest BCUT2D eigenvalue weighted by molar-refractivity contribution is 5.50. The molecule has 0 aliphatic carbocycles. The second kappa shape index (κ2) is 4.80. The molecular weight excluding hydrogens is 300 g/mol. The fourth-order valence-corrected chi connectivity index (χ4v) is 1.61. The van der Waals surface area contributed by atoms with Gasteiger partial charge in [-0.1, -0.05) is 0 Å². The first-order chi connectivity index (χ1) is 9.63. The lowest BCUT2D eigenvalue weighted by Gasteiger charge is -2.10. The molecule has 0 spiro atoms. The van der Waals surface area contributed by atoms with Crippen LogP contribution in [0.4, 0.5) is 26.3 Å². The van der Waals surface area contributed by atoms with Gasteiger partial charge >= 0.3 is 12.4 Å². The van der Waals surface area contributed by atoms with Gasteiger partial charge in [-0.25, -0.2) is 4.68 Å². The zero-order chi connectivity index (χ0) is 15.8. The minimum absolute atomic E-state index is 0.166. The molecule has 1 aromatic heterocycles. The van der Waals surface area contributed by atoms with E-state index < -0.39 is 29.2 Å². The van der Waals surface area contributed by atoms with E-state index in [1.165, 1.54) is 6.07 Å². The number of aromatic nitrogens is 2. The molecule has 2 rings (SSSR count). The van der Waals surface area contributed by atoms with E-state index in [9.17, 15) is 26.3 Å². The Morgan fingerprint density at radius 2 is 1.67 bits per heavy atom. The summed E-state index contributed by atoms with van der Waals surface area (Å²) in [5.41, 5.74) is -2.86. The molecule has 0 aliphatic rings. The maximum absolute atomic E-state index is 12.5. The van der Waals surface area contributed by atoms with E-state index in [-0.39, 0.29) is 5.69 Å². The van der Waals surface area contributed by atoms with E-state index >= 15 is 0 Å². The molecule has 0 aliphatic heterocycles. The molecule has 110 valence electrons. The number of hydrogen-bond acceptors (Lipinski definition) is 2. The lowest BCUT2D eigenvalue weighted by atomic mass is 10.1. The van der Waals surface area contributed by atoms with Gasteiger partial charge in [0.15, 0.2) is 5.69 Å². The van der Waals surface area contributed by atoms with Crippen molar-refractivity contribution in [3.8, 4) is 11.8 Å². The average Bonchev–Trinajstić information content (AvgIpc) is 2.86. The van der Waals surface area contributed by atoms with Crippen molar-refractivity contribution in [3.05, 3.63) is 47.3 Å². The maximum atomic E-state index is 12.5. The lowest BCUT2D eigenvalue weighted by molar-refractivity contribution is -0.141. The summed E-state index contributed by atoms with van der Waals surface area (Å²) in [6.07, 6.45) is -8.40. The monoisotopic (exact) mass is 305 g/mol. The Balaban J connectivity index is 2.50. The van der Waals surface area contributed by atoms with Crippen molar-refractivity contribution in [2.24, 2.45) is 0 Å². The van der Waals surface area contributed by atoms with Crippen LogP contribution in [0.3, 0.4) is 0 Å². The van der Waals surface area contributed by atoms with E-state index in [2.05, 4.69) is 5.10 Å². The highest BCUT2D eigenvalue weighted by Gasteiger charge is 2.34. The molecule has 0 saturated carbocycles. The minimum atomic E-state index is -4.68. The van der Waals surface area contributed by atoms with Crippen molar-refractivity contribution in [1.82, 2.24) is 9.78 Å². The Morgan fingerprint density at radius 3 is 2.14 bits per heavy atom. The van der Waals surface area contributed by atoms with Gasteiger partial charge in [-0.3, -0.25) is 0 Å². The van der Waals surface area contributed by atoms with E-state index in [0.29, 0.717) is 22.9 Å². The van der Waals surface area contributed by atoms with E-state index in [4.69, 9.17) is 5.26 Å². The summed E-state index contributed by atoms with van der Waals surface area (Å²) in [7, 11) is 0. The number of hydrogen-bond donors (Lipinski definition) is 0. The average molecular weight is 305 g/mol. The van der Waals surface area contributed by atoms with Gasteiger partial charge < -0.3 is 0 Å². The number of benzene rings is 1. The Bertz CT molecular complexity index is 705. The molecule has 1 heterocycles. The van der Waals surface area contributed by atoms with Crippen LogP contribution in [0.25, 0.3) is 5.69 Å². The first-order valence-corrected chi connectivity index (χ1v) is 5.37. The molecule has 0 atom stereocenters. The highest BCUT2D eigenvalue weighted by Crippen LogP contribution is 2.32. The third-order valence-electron chi connectivity index (χ3n) is 2.57. The number of alkyl halides is 6. The Labute approximate surface area is 114 Å². The topological polar surface area (TPSA) is 41.6 Å². The van der Waals surface area contributed by atoms with Crippen molar-refractivity contribution in [2.45, 2.75) is 12.4 Å². The fourth-order valence-electron chi connectivity index (χ4n) is 1.61. The summed E-state index contributed by atoms with van der Waals surface area (Å²) in [6.45, 7) is 0. The Hall–Kier alpha value is -2.50. The molecule has 0 fully saturated rings. The normalized spacial score (nSPS) is 12.2. The van der Waals surface area contributed by atoms with Gasteiger partial charge in [0.1, 0.15) is 6.07 Å². The molecule has 9 heteroatoms. The van der Waals surface area contributed by atoms with Crippen LogP contribution >= 0.6 is 0 Å². The predicted octanol–water partition coefficient (Wildman–Crippen LogP) is 3.78. The zero-order valence-electron chi connectivity index (χ0n) is 10.00. The van der Waals surface area contributed by atoms with Crippen molar-refractivity contribution < 1.29 is 26.3 Å². The molecule has 0 bridgehead atoms. The second-order valence-electron chi connectivity index (χ2n) is 3.98. The summed E-state index contributed by atoms with van der Waals surface area (Å²) in [5, 5.41) is 12.1. The van der Waals surface area contributed by atoms with Gasteiger partial charge in [0, 0.05) is 6.20 Å². The van der Waals surface area contributed by atoms with Crippen LogP contribution < -0.4 is 0 Å². The Morgan fingerprint density at radius 1 is 1.00 bits per heavy atom. The third kappa shape index (κ3) is 2.99. The SMILES string of the molecule is N#Cc1cc(C(F)(F)F)ccc1-n1ccc(C(F)(F)F)n1. The van der Waals surface area contributed by atoms with Crippen molar-refractivity contribution in [2.75, 3.05) is 0 Å². The maximum Gasteiger partial charge on any atom is 0.435 e. The van der Waals surface area contributed by atoms with Gasteiger partial charge in [-0.05, 0) is 24.3 Å². The quantitative estimate of drug-likeness (QED) is 0.752. The molecule has 0 amide bonds. The van der Waals surface area contributed by atoms with Gasteiger partial charge in [0.05, 0.1) is 16.8 Å². The summed E-state index contributed by atoms with van der Waals surface area (Å²) < 4.78 is 75.6. The molecule has 3 nitrogen and oxygen atoms in total. The molecule has 1 aromatic carbocycles. The number of nitrogens with zero attached hydrogens (tertiary/aromatic N) is 3.